The molecule has 6 heteroatoms. The van der Waals surface area contributed by atoms with E-state index in [1.165, 1.54) is 31.7 Å². The third-order valence-electron chi connectivity index (χ3n) is 5.21. The first kappa shape index (κ1) is 17.7. The second kappa shape index (κ2) is 7.40. The first-order valence-electron chi connectivity index (χ1n) is 8.75. The average Bonchev–Trinajstić information content (AvgIpc) is 2.94. The monoisotopic (exact) mass is 344 g/mol. The van der Waals surface area contributed by atoms with Gasteiger partial charge in [0.2, 0.25) is 0 Å². The molecule has 1 heterocycles. The Labute approximate surface area is 140 Å². The van der Waals surface area contributed by atoms with Crippen molar-refractivity contribution in [2.24, 2.45) is 0 Å². The van der Waals surface area contributed by atoms with Crippen molar-refractivity contribution in [2.45, 2.75) is 50.9 Å². The van der Waals surface area contributed by atoms with Crippen LogP contribution in [0.25, 0.3) is 0 Å². The lowest BCUT2D eigenvalue weighted by Gasteiger charge is -2.27. The molecule has 0 bridgehead atoms. The van der Waals surface area contributed by atoms with Crippen molar-refractivity contribution in [3.63, 3.8) is 0 Å². The largest absolute Gasteiger partial charge is 0.419 e. The second-order valence-corrected chi connectivity index (χ2v) is 6.92. The lowest BCUT2D eigenvalue weighted by Crippen LogP contribution is -2.36. The second-order valence-electron chi connectivity index (χ2n) is 6.92. The highest BCUT2D eigenvalue weighted by molar-refractivity contribution is 5.26. The summed E-state index contributed by atoms with van der Waals surface area (Å²) < 4.78 is 51.6. The number of hydrogen-bond donors (Lipinski definition) is 0. The molecule has 3 rings (SSSR count). The van der Waals surface area contributed by atoms with E-state index in [4.69, 9.17) is 0 Å². The van der Waals surface area contributed by atoms with Crippen LogP contribution in [0.1, 0.15) is 43.2 Å². The minimum atomic E-state index is -4.63. The van der Waals surface area contributed by atoms with Crippen LogP contribution in [0.15, 0.2) is 18.2 Å². The van der Waals surface area contributed by atoms with Gasteiger partial charge in [-0.1, -0.05) is 18.9 Å². The topological polar surface area (TPSA) is 6.48 Å². The lowest BCUT2D eigenvalue weighted by atomic mass is 10.1. The van der Waals surface area contributed by atoms with Gasteiger partial charge in [0.1, 0.15) is 5.82 Å². The van der Waals surface area contributed by atoms with E-state index in [1.807, 2.05) is 0 Å². The summed E-state index contributed by atoms with van der Waals surface area (Å²) in [4.78, 5) is 4.78. The number of alkyl halides is 3. The van der Waals surface area contributed by atoms with Crippen LogP contribution in [-0.4, -0.2) is 42.0 Å². The Morgan fingerprint density at radius 3 is 2.38 bits per heavy atom. The molecule has 2 fully saturated rings. The number of nitrogens with zero attached hydrogens (tertiary/aromatic N) is 2. The SMILES string of the molecule is Fc1cc(CN2CCCN(C3CCCC3)CC2)ccc1C(F)(F)F. The minimum absolute atomic E-state index is 0.508. The van der Waals surface area contributed by atoms with Gasteiger partial charge in [0.25, 0.3) is 0 Å². The van der Waals surface area contributed by atoms with Crippen molar-refractivity contribution in [2.75, 3.05) is 26.2 Å². The molecule has 0 atom stereocenters. The van der Waals surface area contributed by atoms with E-state index in [-0.39, 0.29) is 0 Å². The summed E-state index contributed by atoms with van der Waals surface area (Å²) >= 11 is 0. The third-order valence-corrected chi connectivity index (χ3v) is 5.21. The van der Waals surface area contributed by atoms with Gasteiger partial charge in [0.15, 0.2) is 0 Å². The van der Waals surface area contributed by atoms with Gasteiger partial charge in [0.05, 0.1) is 5.56 Å². The smallest absolute Gasteiger partial charge is 0.299 e. The highest BCUT2D eigenvalue weighted by atomic mass is 19.4. The first-order valence-corrected chi connectivity index (χ1v) is 8.75. The van der Waals surface area contributed by atoms with Crippen LogP contribution >= 0.6 is 0 Å². The molecular formula is C18H24F4N2. The molecule has 1 aliphatic heterocycles. The fraction of sp³-hybridized carbons (Fsp3) is 0.667. The van der Waals surface area contributed by atoms with E-state index in [1.54, 1.807) is 0 Å². The molecule has 0 N–H and O–H groups in total. The fourth-order valence-corrected chi connectivity index (χ4v) is 3.93. The highest BCUT2D eigenvalue weighted by Gasteiger charge is 2.34. The van der Waals surface area contributed by atoms with Crippen LogP contribution < -0.4 is 0 Å². The number of halogens is 4. The van der Waals surface area contributed by atoms with Crippen LogP contribution in [0.5, 0.6) is 0 Å². The third kappa shape index (κ3) is 4.28. The Hall–Kier alpha value is -1.14. The molecule has 1 aromatic carbocycles. The van der Waals surface area contributed by atoms with E-state index >= 15 is 0 Å². The van der Waals surface area contributed by atoms with Gasteiger partial charge in [-0.05, 0) is 50.0 Å². The number of benzene rings is 1. The molecular weight excluding hydrogens is 320 g/mol. The standard InChI is InChI=1S/C18H24F4N2/c19-17-12-14(6-7-16(17)18(20,21)22)13-23-8-3-9-24(11-10-23)15-4-1-2-5-15/h6-7,12,15H,1-5,8-11,13H2. The Morgan fingerprint density at radius 2 is 1.71 bits per heavy atom. The van der Waals surface area contributed by atoms with Crippen molar-refractivity contribution < 1.29 is 17.6 Å². The van der Waals surface area contributed by atoms with E-state index < -0.39 is 17.6 Å². The maximum Gasteiger partial charge on any atom is 0.419 e. The number of rotatable bonds is 3. The molecule has 1 aromatic rings. The van der Waals surface area contributed by atoms with Gasteiger partial charge >= 0.3 is 6.18 Å². The highest BCUT2D eigenvalue weighted by Crippen LogP contribution is 2.32. The molecule has 2 nitrogen and oxygen atoms in total. The van der Waals surface area contributed by atoms with E-state index in [0.29, 0.717) is 18.2 Å². The molecule has 134 valence electrons. The fourth-order valence-electron chi connectivity index (χ4n) is 3.93. The minimum Gasteiger partial charge on any atom is -0.299 e. The zero-order valence-electron chi connectivity index (χ0n) is 13.8. The molecule has 24 heavy (non-hydrogen) atoms. The molecule has 0 radical (unpaired) electrons. The Kier molecular flexibility index (Phi) is 5.45. The Bertz CT molecular complexity index is 552. The van der Waals surface area contributed by atoms with Gasteiger partial charge in [-0.15, -0.1) is 0 Å². The zero-order chi connectivity index (χ0) is 17.2. The summed E-state index contributed by atoms with van der Waals surface area (Å²) in [6.45, 7) is 4.38. The molecule has 1 saturated carbocycles. The predicted octanol–water partition coefficient (Wildman–Crippen LogP) is 4.29. The van der Waals surface area contributed by atoms with Gasteiger partial charge in [-0.2, -0.15) is 13.2 Å². The number of hydrogen-bond acceptors (Lipinski definition) is 2. The summed E-state index contributed by atoms with van der Waals surface area (Å²) in [6.07, 6.45) is 1.62. The predicted molar refractivity (Wildman–Crippen MR) is 85.1 cm³/mol. The molecule has 0 spiro atoms. The molecule has 1 saturated heterocycles. The van der Waals surface area contributed by atoms with Crippen molar-refractivity contribution in [3.05, 3.63) is 35.1 Å². The van der Waals surface area contributed by atoms with Crippen LogP contribution in [0.4, 0.5) is 17.6 Å². The summed E-state index contributed by atoms with van der Waals surface area (Å²) in [6, 6.07) is 3.98. The Balaban J connectivity index is 1.59. The van der Waals surface area contributed by atoms with Gasteiger partial charge in [0, 0.05) is 25.7 Å². The summed E-state index contributed by atoms with van der Waals surface area (Å²) in [5.74, 6) is -1.18. The van der Waals surface area contributed by atoms with Crippen LogP contribution in [-0.2, 0) is 12.7 Å². The van der Waals surface area contributed by atoms with Gasteiger partial charge < -0.3 is 0 Å². The van der Waals surface area contributed by atoms with E-state index in [2.05, 4.69) is 9.80 Å². The summed E-state index contributed by atoms with van der Waals surface area (Å²) in [5.41, 5.74) is -0.579. The molecule has 2 aliphatic rings. The van der Waals surface area contributed by atoms with Crippen molar-refractivity contribution in [1.29, 1.82) is 0 Å². The molecule has 0 aromatic heterocycles. The lowest BCUT2D eigenvalue weighted by molar-refractivity contribution is -0.140. The zero-order valence-corrected chi connectivity index (χ0v) is 13.8. The van der Waals surface area contributed by atoms with Gasteiger partial charge in [-0.25, -0.2) is 4.39 Å². The van der Waals surface area contributed by atoms with Gasteiger partial charge in [-0.3, -0.25) is 9.80 Å². The molecule has 0 amide bonds. The van der Waals surface area contributed by atoms with Crippen molar-refractivity contribution in [1.82, 2.24) is 9.80 Å². The maximum absolute atomic E-state index is 13.7. The van der Waals surface area contributed by atoms with Crippen LogP contribution in [0.2, 0.25) is 0 Å². The first-order chi connectivity index (χ1) is 11.4. The van der Waals surface area contributed by atoms with Crippen LogP contribution in [0, 0.1) is 5.82 Å². The Morgan fingerprint density at radius 1 is 0.958 bits per heavy atom. The van der Waals surface area contributed by atoms with E-state index in [0.717, 1.165) is 44.7 Å². The maximum atomic E-state index is 13.7. The van der Waals surface area contributed by atoms with Crippen LogP contribution in [0.3, 0.4) is 0 Å². The normalized spacial score (nSPS) is 22.0. The molecule has 1 aliphatic carbocycles. The van der Waals surface area contributed by atoms with Crippen molar-refractivity contribution in [3.8, 4) is 0 Å². The van der Waals surface area contributed by atoms with E-state index in [9.17, 15) is 17.6 Å². The van der Waals surface area contributed by atoms with Crippen molar-refractivity contribution >= 4 is 0 Å². The summed E-state index contributed by atoms with van der Waals surface area (Å²) in [7, 11) is 0. The average molecular weight is 344 g/mol. The summed E-state index contributed by atoms with van der Waals surface area (Å²) in [5, 5.41) is 0. The quantitative estimate of drug-likeness (QED) is 0.755. The molecule has 0 unspecified atom stereocenters.